The molecule has 1 aliphatic carbocycles. The second-order valence-corrected chi connectivity index (χ2v) is 6.67. The fourth-order valence-corrected chi connectivity index (χ4v) is 3.28. The van der Waals surface area contributed by atoms with Gasteiger partial charge in [-0.3, -0.25) is 4.79 Å². The number of halogens is 2. The summed E-state index contributed by atoms with van der Waals surface area (Å²) in [5, 5.41) is 12.1. The number of hydrogen-bond donors (Lipinski definition) is 2. The number of amides is 1. The molecule has 0 aromatic heterocycles. The zero-order chi connectivity index (χ0) is 19.8. The van der Waals surface area contributed by atoms with E-state index in [2.05, 4.69) is 10.1 Å². The highest BCUT2D eigenvalue weighted by atomic mass is 19.3. The first kappa shape index (κ1) is 18.8. The van der Waals surface area contributed by atoms with Gasteiger partial charge in [0.1, 0.15) is 5.75 Å². The Bertz CT molecular complexity index is 905. The number of fused-ring (bicyclic) bond motifs is 1. The molecule has 0 saturated heterocycles. The molecule has 3 rings (SSSR count). The number of carbonyl (C=O) groups is 2. The molecule has 2 aromatic carbocycles. The van der Waals surface area contributed by atoms with E-state index in [1.807, 2.05) is 0 Å². The van der Waals surface area contributed by atoms with Gasteiger partial charge in [-0.25, -0.2) is 4.79 Å². The van der Waals surface area contributed by atoms with Gasteiger partial charge in [-0.05, 0) is 66.8 Å². The van der Waals surface area contributed by atoms with Gasteiger partial charge in [-0.15, -0.1) is 0 Å². The molecule has 0 bridgehead atoms. The Morgan fingerprint density at radius 1 is 1.22 bits per heavy atom. The second-order valence-electron chi connectivity index (χ2n) is 6.67. The van der Waals surface area contributed by atoms with Crippen molar-refractivity contribution >= 4 is 11.9 Å². The van der Waals surface area contributed by atoms with Crippen molar-refractivity contribution < 1.29 is 28.2 Å². The number of carboxylic acids is 1. The maximum atomic E-state index is 13.0. The lowest BCUT2D eigenvalue weighted by Gasteiger charge is -2.17. The van der Waals surface area contributed by atoms with Crippen LogP contribution < -0.4 is 10.1 Å². The minimum Gasteiger partial charge on any atom is -0.478 e. The van der Waals surface area contributed by atoms with Crippen LogP contribution in [0.15, 0.2) is 36.4 Å². The van der Waals surface area contributed by atoms with Crippen LogP contribution in [0.25, 0.3) is 0 Å². The Balaban J connectivity index is 1.78. The number of benzene rings is 2. The van der Waals surface area contributed by atoms with Crippen LogP contribution in [-0.2, 0) is 6.42 Å². The predicted molar refractivity (Wildman–Crippen MR) is 94.4 cm³/mol. The normalized spacial score (nSPS) is 15.9. The van der Waals surface area contributed by atoms with Gasteiger partial charge in [-0.1, -0.05) is 6.07 Å². The number of carboxylic acid groups (broad SMARTS) is 1. The molecule has 0 heterocycles. The van der Waals surface area contributed by atoms with E-state index in [0.717, 1.165) is 17.5 Å². The summed E-state index contributed by atoms with van der Waals surface area (Å²) in [5.74, 6) is -1.39. The molecular weight excluding hydrogens is 356 g/mol. The standard InChI is InChI=1S/C20H19F2NO4/c1-11-9-14(27-20(2,21)22)6-7-15(11)18(24)23-17-8-5-12-3-4-13(19(25)26)10-16(12)17/h3-4,6-7,9-10,17H,5,8H2,1-2H3,(H,23,24)(H,25,26)/t17-/m1/s1. The van der Waals surface area contributed by atoms with Crippen LogP contribution in [0.4, 0.5) is 8.78 Å². The number of alkyl halides is 2. The van der Waals surface area contributed by atoms with Crippen molar-refractivity contribution in [2.45, 2.75) is 38.8 Å². The third-order valence-corrected chi connectivity index (χ3v) is 4.52. The molecule has 0 fully saturated rings. The van der Waals surface area contributed by atoms with Gasteiger partial charge in [-0.2, -0.15) is 8.78 Å². The monoisotopic (exact) mass is 375 g/mol. The topological polar surface area (TPSA) is 75.6 Å². The molecule has 1 aliphatic rings. The van der Waals surface area contributed by atoms with Crippen LogP contribution in [0.3, 0.4) is 0 Å². The summed E-state index contributed by atoms with van der Waals surface area (Å²) < 4.78 is 30.4. The zero-order valence-corrected chi connectivity index (χ0v) is 14.9. The summed E-state index contributed by atoms with van der Waals surface area (Å²) in [7, 11) is 0. The Kier molecular flexibility index (Phi) is 4.87. The molecule has 142 valence electrons. The van der Waals surface area contributed by atoms with Crippen molar-refractivity contribution in [1.82, 2.24) is 5.32 Å². The molecule has 1 amide bonds. The second kappa shape index (κ2) is 6.98. The van der Waals surface area contributed by atoms with Crippen molar-refractivity contribution in [3.05, 3.63) is 64.2 Å². The summed E-state index contributed by atoms with van der Waals surface area (Å²) in [5.41, 5.74) is 2.84. The maximum Gasteiger partial charge on any atom is 0.394 e. The first-order valence-corrected chi connectivity index (χ1v) is 8.48. The molecule has 2 aromatic rings. The van der Waals surface area contributed by atoms with Gasteiger partial charge in [0.2, 0.25) is 0 Å². The minimum atomic E-state index is -3.30. The molecule has 1 atom stereocenters. The van der Waals surface area contributed by atoms with E-state index in [0.29, 0.717) is 24.5 Å². The average molecular weight is 375 g/mol. The third-order valence-electron chi connectivity index (χ3n) is 4.52. The van der Waals surface area contributed by atoms with Gasteiger partial charge in [0.15, 0.2) is 0 Å². The first-order chi connectivity index (χ1) is 12.6. The van der Waals surface area contributed by atoms with E-state index < -0.39 is 12.1 Å². The molecule has 2 N–H and O–H groups in total. The van der Waals surface area contributed by atoms with E-state index >= 15 is 0 Å². The largest absolute Gasteiger partial charge is 0.478 e. The summed E-state index contributed by atoms with van der Waals surface area (Å²) >= 11 is 0. The molecule has 7 heteroatoms. The average Bonchev–Trinajstić information content (AvgIpc) is 2.95. The van der Waals surface area contributed by atoms with Gasteiger partial charge in [0.05, 0.1) is 11.6 Å². The summed E-state index contributed by atoms with van der Waals surface area (Å²) in [4.78, 5) is 23.8. The van der Waals surface area contributed by atoms with Crippen molar-refractivity contribution in [1.29, 1.82) is 0 Å². The lowest BCUT2D eigenvalue weighted by molar-refractivity contribution is -0.158. The van der Waals surface area contributed by atoms with Crippen molar-refractivity contribution in [3.63, 3.8) is 0 Å². The molecule has 0 radical (unpaired) electrons. The van der Waals surface area contributed by atoms with Gasteiger partial charge in [0, 0.05) is 12.5 Å². The first-order valence-electron chi connectivity index (χ1n) is 8.48. The Labute approximate surface area is 155 Å². The highest BCUT2D eigenvalue weighted by Crippen LogP contribution is 2.32. The lowest BCUT2D eigenvalue weighted by atomic mass is 10.0. The number of nitrogens with one attached hydrogen (secondary N) is 1. The quantitative estimate of drug-likeness (QED) is 0.825. The van der Waals surface area contributed by atoms with Crippen LogP contribution in [0, 0.1) is 6.92 Å². The smallest absolute Gasteiger partial charge is 0.394 e. The van der Waals surface area contributed by atoms with E-state index in [-0.39, 0.29) is 23.3 Å². The van der Waals surface area contributed by atoms with E-state index in [4.69, 9.17) is 5.11 Å². The molecule has 27 heavy (non-hydrogen) atoms. The van der Waals surface area contributed by atoms with Crippen LogP contribution >= 0.6 is 0 Å². The molecule has 5 nitrogen and oxygen atoms in total. The van der Waals surface area contributed by atoms with Crippen molar-refractivity contribution in [3.8, 4) is 5.75 Å². The lowest BCUT2D eigenvalue weighted by Crippen LogP contribution is -2.28. The van der Waals surface area contributed by atoms with E-state index in [1.54, 1.807) is 25.1 Å². The zero-order valence-electron chi connectivity index (χ0n) is 14.9. The molecule has 0 aliphatic heterocycles. The van der Waals surface area contributed by atoms with Gasteiger partial charge < -0.3 is 15.2 Å². The number of aromatic carboxylic acids is 1. The number of ether oxygens (including phenoxy) is 1. The van der Waals surface area contributed by atoms with Crippen LogP contribution in [0.1, 0.15) is 56.8 Å². The number of carbonyl (C=O) groups excluding carboxylic acids is 1. The minimum absolute atomic E-state index is 0.0196. The van der Waals surface area contributed by atoms with Crippen LogP contribution in [0.5, 0.6) is 5.75 Å². The number of hydrogen-bond acceptors (Lipinski definition) is 3. The van der Waals surface area contributed by atoms with E-state index in [1.165, 1.54) is 18.2 Å². The van der Waals surface area contributed by atoms with Crippen LogP contribution in [-0.4, -0.2) is 23.1 Å². The third kappa shape index (κ3) is 4.24. The Morgan fingerprint density at radius 3 is 2.59 bits per heavy atom. The van der Waals surface area contributed by atoms with Crippen molar-refractivity contribution in [2.75, 3.05) is 0 Å². The maximum absolute atomic E-state index is 13.0. The number of rotatable bonds is 5. The fourth-order valence-electron chi connectivity index (χ4n) is 3.28. The molecular formula is C20H19F2NO4. The highest BCUT2D eigenvalue weighted by Gasteiger charge is 2.27. The predicted octanol–water partition coefficient (Wildman–Crippen LogP) is 4.10. The van der Waals surface area contributed by atoms with E-state index in [9.17, 15) is 18.4 Å². The molecule has 0 spiro atoms. The fraction of sp³-hybridized carbons (Fsp3) is 0.300. The summed E-state index contributed by atoms with van der Waals surface area (Å²) in [6, 6.07) is 8.77. The van der Waals surface area contributed by atoms with Gasteiger partial charge in [0.25, 0.3) is 5.91 Å². The molecule has 0 unspecified atom stereocenters. The molecule has 0 saturated carbocycles. The summed E-state index contributed by atoms with van der Waals surface area (Å²) in [6.45, 7) is 2.28. The summed E-state index contributed by atoms with van der Waals surface area (Å²) in [6.07, 6.45) is -1.88. The number of aryl methyl sites for hydroxylation is 2. The SMILES string of the molecule is Cc1cc(OC(C)(F)F)ccc1C(=O)N[C@@H]1CCc2ccc(C(=O)O)cc21. The van der Waals surface area contributed by atoms with Crippen LogP contribution in [0.2, 0.25) is 0 Å². The van der Waals surface area contributed by atoms with Gasteiger partial charge >= 0.3 is 12.1 Å². The highest BCUT2D eigenvalue weighted by molar-refractivity contribution is 5.96. The Hall–Kier alpha value is -2.96. The van der Waals surface area contributed by atoms with Crippen molar-refractivity contribution in [2.24, 2.45) is 0 Å². The Morgan fingerprint density at radius 2 is 1.96 bits per heavy atom.